The Kier molecular flexibility index (Phi) is 4.18. The van der Waals surface area contributed by atoms with Crippen molar-refractivity contribution in [3.8, 4) is 0 Å². The minimum absolute atomic E-state index is 0.0765. The summed E-state index contributed by atoms with van der Waals surface area (Å²) in [5.41, 5.74) is 5.58. The van der Waals surface area contributed by atoms with Crippen molar-refractivity contribution in [2.45, 2.75) is 23.8 Å². The molecular formula is C11H14Cl2N2O2S. The molecule has 7 heteroatoms. The lowest BCUT2D eigenvalue weighted by atomic mass is 10.2. The van der Waals surface area contributed by atoms with E-state index in [1.54, 1.807) is 6.07 Å². The average molecular weight is 309 g/mol. The van der Waals surface area contributed by atoms with E-state index < -0.39 is 10.0 Å². The lowest BCUT2D eigenvalue weighted by molar-refractivity contribution is 0.519. The van der Waals surface area contributed by atoms with Crippen LogP contribution in [0.3, 0.4) is 0 Å². The first-order valence-electron chi connectivity index (χ1n) is 5.62. The summed E-state index contributed by atoms with van der Waals surface area (Å²) in [6.45, 7) is 0.270. The Morgan fingerprint density at radius 2 is 1.89 bits per heavy atom. The van der Waals surface area contributed by atoms with Crippen LogP contribution >= 0.6 is 23.2 Å². The molecule has 0 heterocycles. The molecule has 0 bridgehead atoms. The fourth-order valence-electron chi connectivity index (χ4n) is 1.83. The van der Waals surface area contributed by atoms with Crippen LogP contribution in [-0.2, 0) is 10.0 Å². The Morgan fingerprint density at radius 1 is 1.33 bits per heavy atom. The Bertz CT molecular complexity index is 524. The normalized spacial score (nSPS) is 17.7. The first-order chi connectivity index (χ1) is 8.45. The third kappa shape index (κ3) is 2.97. The van der Waals surface area contributed by atoms with Gasteiger partial charge in [0.25, 0.3) is 0 Å². The van der Waals surface area contributed by atoms with Gasteiger partial charge in [0.05, 0.1) is 10.0 Å². The van der Waals surface area contributed by atoms with Gasteiger partial charge in [-0.15, -0.1) is 0 Å². The number of hydrogen-bond donors (Lipinski definition) is 2. The second-order valence-corrected chi connectivity index (χ2v) is 6.82. The topological polar surface area (TPSA) is 72.2 Å². The Morgan fingerprint density at radius 3 is 2.33 bits per heavy atom. The highest BCUT2D eigenvalue weighted by molar-refractivity contribution is 7.89. The van der Waals surface area contributed by atoms with Crippen LogP contribution in [0.5, 0.6) is 0 Å². The standard InChI is InChI=1S/C11H14Cl2N2O2S/c12-8-2-1-3-9(13)11(8)18(16,17)15-10(6-14)7-4-5-7/h1-3,7,10,15H,4-6,14H2. The lowest BCUT2D eigenvalue weighted by Crippen LogP contribution is -2.41. The molecule has 0 saturated heterocycles. The van der Waals surface area contributed by atoms with E-state index >= 15 is 0 Å². The summed E-state index contributed by atoms with van der Waals surface area (Å²) >= 11 is 11.8. The second kappa shape index (κ2) is 5.35. The van der Waals surface area contributed by atoms with Gasteiger partial charge in [-0.3, -0.25) is 0 Å². The predicted octanol–water partition coefficient (Wildman–Crippen LogP) is 2.01. The van der Waals surface area contributed by atoms with Crippen molar-refractivity contribution in [1.29, 1.82) is 0 Å². The maximum Gasteiger partial charge on any atom is 0.243 e. The summed E-state index contributed by atoms with van der Waals surface area (Å²) in [5, 5.41) is 0.225. The summed E-state index contributed by atoms with van der Waals surface area (Å²) in [7, 11) is -3.73. The highest BCUT2D eigenvalue weighted by atomic mass is 35.5. The van der Waals surface area contributed by atoms with E-state index in [1.807, 2.05) is 0 Å². The molecule has 1 saturated carbocycles. The second-order valence-electron chi connectivity index (χ2n) is 4.35. The lowest BCUT2D eigenvalue weighted by Gasteiger charge is -2.17. The van der Waals surface area contributed by atoms with Gasteiger partial charge in [0.15, 0.2) is 0 Å². The van der Waals surface area contributed by atoms with Crippen LogP contribution in [0.15, 0.2) is 23.1 Å². The van der Waals surface area contributed by atoms with Gasteiger partial charge < -0.3 is 5.73 Å². The van der Waals surface area contributed by atoms with E-state index in [1.165, 1.54) is 12.1 Å². The minimum atomic E-state index is -3.73. The van der Waals surface area contributed by atoms with Crippen molar-refractivity contribution < 1.29 is 8.42 Å². The summed E-state index contributed by atoms with van der Waals surface area (Å²) in [6, 6.07) is 4.35. The maximum atomic E-state index is 12.2. The molecule has 1 aromatic rings. The molecule has 0 spiro atoms. The highest BCUT2D eigenvalue weighted by Crippen LogP contribution is 2.34. The third-order valence-electron chi connectivity index (χ3n) is 2.94. The number of sulfonamides is 1. The summed E-state index contributed by atoms with van der Waals surface area (Å²) in [6.07, 6.45) is 2.00. The van der Waals surface area contributed by atoms with Crippen LogP contribution in [0.25, 0.3) is 0 Å². The van der Waals surface area contributed by atoms with Crippen molar-refractivity contribution in [3.63, 3.8) is 0 Å². The fraction of sp³-hybridized carbons (Fsp3) is 0.455. The Labute approximate surface area is 117 Å². The summed E-state index contributed by atoms with van der Waals surface area (Å²) in [4.78, 5) is -0.0765. The van der Waals surface area contributed by atoms with Crippen LogP contribution in [-0.4, -0.2) is 21.0 Å². The first kappa shape index (κ1) is 14.1. The molecule has 2 rings (SSSR count). The Hall–Kier alpha value is -0.330. The molecule has 1 aliphatic carbocycles. The van der Waals surface area contributed by atoms with E-state index in [-0.39, 0.29) is 27.5 Å². The van der Waals surface area contributed by atoms with Crippen molar-refractivity contribution in [2.24, 2.45) is 11.7 Å². The summed E-state index contributed by atoms with van der Waals surface area (Å²) < 4.78 is 27.1. The molecule has 3 N–H and O–H groups in total. The van der Waals surface area contributed by atoms with Gasteiger partial charge in [0.2, 0.25) is 10.0 Å². The molecule has 1 aliphatic rings. The summed E-state index contributed by atoms with van der Waals surface area (Å²) in [5.74, 6) is 0.325. The third-order valence-corrected chi connectivity index (χ3v) is 5.38. The van der Waals surface area contributed by atoms with E-state index in [0.717, 1.165) is 12.8 Å². The molecule has 0 aromatic heterocycles. The molecule has 1 unspecified atom stereocenters. The zero-order valence-electron chi connectivity index (χ0n) is 9.57. The van der Waals surface area contributed by atoms with Gasteiger partial charge in [-0.05, 0) is 30.9 Å². The molecule has 0 aliphatic heterocycles. The largest absolute Gasteiger partial charge is 0.329 e. The Balaban J connectivity index is 2.30. The molecule has 4 nitrogen and oxygen atoms in total. The van der Waals surface area contributed by atoms with E-state index in [2.05, 4.69) is 4.72 Å². The maximum absolute atomic E-state index is 12.2. The molecule has 0 amide bonds. The van der Waals surface area contributed by atoms with Crippen LogP contribution in [0.2, 0.25) is 10.0 Å². The quantitative estimate of drug-likeness (QED) is 0.874. The minimum Gasteiger partial charge on any atom is -0.329 e. The van der Waals surface area contributed by atoms with Crippen molar-refractivity contribution in [2.75, 3.05) is 6.54 Å². The number of rotatable bonds is 5. The van der Waals surface area contributed by atoms with Crippen LogP contribution < -0.4 is 10.5 Å². The molecule has 0 radical (unpaired) electrons. The SMILES string of the molecule is NCC(NS(=O)(=O)c1c(Cl)cccc1Cl)C1CC1. The fourth-order valence-corrected chi connectivity index (χ4v) is 4.29. The molecule has 1 fully saturated rings. The molecule has 100 valence electrons. The smallest absolute Gasteiger partial charge is 0.243 e. The molecule has 1 atom stereocenters. The number of hydrogen-bond acceptors (Lipinski definition) is 3. The van der Waals surface area contributed by atoms with E-state index in [9.17, 15) is 8.42 Å². The molecule has 1 aromatic carbocycles. The van der Waals surface area contributed by atoms with Crippen molar-refractivity contribution in [1.82, 2.24) is 4.72 Å². The zero-order chi connectivity index (χ0) is 13.3. The average Bonchev–Trinajstić information content (AvgIpc) is 3.09. The number of benzene rings is 1. The highest BCUT2D eigenvalue weighted by Gasteiger charge is 2.34. The van der Waals surface area contributed by atoms with Gasteiger partial charge in [-0.25, -0.2) is 13.1 Å². The number of nitrogens with one attached hydrogen (secondary N) is 1. The van der Waals surface area contributed by atoms with Crippen molar-refractivity contribution >= 4 is 33.2 Å². The van der Waals surface area contributed by atoms with Crippen molar-refractivity contribution in [3.05, 3.63) is 28.2 Å². The predicted molar refractivity (Wildman–Crippen MR) is 72.3 cm³/mol. The van der Waals surface area contributed by atoms with Gasteiger partial charge in [-0.2, -0.15) is 0 Å². The van der Waals surface area contributed by atoms with Crippen LogP contribution in [0.4, 0.5) is 0 Å². The van der Waals surface area contributed by atoms with Gasteiger partial charge in [0.1, 0.15) is 4.90 Å². The first-order valence-corrected chi connectivity index (χ1v) is 7.86. The molecular weight excluding hydrogens is 295 g/mol. The van der Waals surface area contributed by atoms with Crippen LogP contribution in [0, 0.1) is 5.92 Å². The van der Waals surface area contributed by atoms with E-state index in [4.69, 9.17) is 28.9 Å². The number of nitrogens with two attached hydrogens (primary N) is 1. The monoisotopic (exact) mass is 308 g/mol. The van der Waals surface area contributed by atoms with E-state index in [0.29, 0.717) is 5.92 Å². The zero-order valence-corrected chi connectivity index (χ0v) is 11.9. The van der Waals surface area contributed by atoms with Crippen LogP contribution in [0.1, 0.15) is 12.8 Å². The number of halogens is 2. The van der Waals surface area contributed by atoms with Gasteiger partial charge >= 0.3 is 0 Å². The van der Waals surface area contributed by atoms with Gasteiger partial charge in [0, 0.05) is 12.6 Å². The van der Waals surface area contributed by atoms with Gasteiger partial charge in [-0.1, -0.05) is 29.3 Å². The molecule has 18 heavy (non-hydrogen) atoms.